The zero-order valence-electron chi connectivity index (χ0n) is 46.2. The lowest BCUT2D eigenvalue weighted by atomic mass is 9.33. The number of alkyl halides is 1. The molecular formula is C59H107ClN2O4. The van der Waals surface area contributed by atoms with Crippen molar-refractivity contribution < 1.29 is 19.5 Å². The van der Waals surface area contributed by atoms with Gasteiger partial charge in [-0.1, -0.05) is 158 Å². The third kappa shape index (κ3) is 13.1. The summed E-state index contributed by atoms with van der Waals surface area (Å²) in [6, 6.07) is 0. The van der Waals surface area contributed by atoms with Gasteiger partial charge >= 0.3 is 5.97 Å². The molecule has 0 radical (unpaired) electrons. The molecule has 7 unspecified atom stereocenters. The summed E-state index contributed by atoms with van der Waals surface area (Å²) in [7, 11) is 2.11. The standard InChI is InChI=1S/C43H66N2O.C6H10O3.4C2H6.CH3Cl.CH4/c1-13-17-31(7)44(12)45(27-14-2)36(21-28-46)43-26-25-40(9)34(38(43)37(30(5)6)32(15-3)29-43)18-19-35-41(10)22-20-33(16-4)39(41,8)23-24-42(35,40)11;1-6(2,4-7)3-5(8)9;5*1-2;/h13,17,21,28,30,33-35H,3,7,14,16,18-20,22-27,29H2,1-2,4-6,8-12H3;4H,3H2,1-2H3,(H,8,9);4*1-2H3;1H3;1H4/b17-13-,36-21-;;;;;;;/t33?,34?,35?,39?,40-,41?,42?,43?;;;;;;;/m1......./s1. The fourth-order valence-corrected chi connectivity index (χ4v) is 13.3. The smallest absolute Gasteiger partial charge is 0.304 e. The minimum absolute atomic E-state index is 0. The predicted octanol–water partition coefficient (Wildman–Crippen LogP) is 17.5. The summed E-state index contributed by atoms with van der Waals surface area (Å²) >= 11 is 4.64. The van der Waals surface area contributed by atoms with E-state index in [9.17, 15) is 14.4 Å². The van der Waals surface area contributed by atoms with Gasteiger partial charge in [-0.05, 0) is 145 Å². The second-order valence-corrected chi connectivity index (χ2v) is 19.9. The number of allylic oxidation sites excluding steroid dienone is 6. The summed E-state index contributed by atoms with van der Waals surface area (Å²) in [6.07, 6.45) is 22.7. The van der Waals surface area contributed by atoms with E-state index in [2.05, 4.69) is 115 Å². The first kappa shape index (κ1) is 67.4. The van der Waals surface area contributed by atoms with Gasteiger partial charge in [0, 0.05) is 42.2 Å². The molecule has 6 nitrogen and oxygen atoms in total. The van der Waals surface area contributed by atoms with E-state index >= 15 is 0 Å². The Bertz CT molecular complexity index is 1650. The quantitative estimate of drug-likeness (QED) is 0.0495. The fraction of sp³-hybridized carbons (Fsp3) is 0.763. The van der Waals surface area contributed by atoms with Crippen LogP contribution in [0.25, 0.3) is 0 Å². The molecule has 0 saturated heterocycles. The van der Waals surface area contributed by atoms with Crippen LogP contribution in [0.2, 0.25) is 0 Å². The van der Waals surface area contributed by atoms with Crippen LogP contribution in [0.5, 0.6) is 0 Å². The zero-order chi connectivity index (χ0) is 51.4. The molecular weight excluding hydrogens is 836 g/mol. The van der Waals surface area contributed by atoms with Crippen molar-refractivity contribution in [3.05, 3.63) is 65.2 Å². The van der Waals surface area contributed by atoms with Gasteiger partial charge < -0.3 is 9.90 Å². The monoisotopic (exact) mass is 943 g/mol. The Morgan fingerprint density at radius 3 is 1.82 bits per heavy atom. The summed E-state index contributed by atoms with van der Waals surface area (Å²) in [5.41, 5.74) is 10.4. The molecule has 5 rings (SSSR count). The van der Waals surface area contributed by atoms with Crippen molar-refractivity contribution in [3.63, 3.8) is 0 Å². The Morgan fingerprint density at radius 1 is 0.879 bits per heavy atom. The molecule has 0 aromatic rings. The number of carbonyl (C=O) groups excluding carboxylic acids is 2. The van der Waals surface area contributed by atoms with Gasteiger partial charge in [-0.15, -0.1) is 17.3 Å². The Kier molecular flexibility index (Phi) is 30.6. The number of aldehydes is 2. The van der Waals surface area contributed by atoms with Crippen LogP contribution in [0.1, 0.15) is 216 Å². The highest BCUT2D eigenvalue weighted by molar-refractivity contribution is 6.15. The lowest BCUT2D eigenvalue weighted by Crippen LogP contribution is -2.64. The topological polar surface area (TPSA) is 77.9 Å². The minimum Gasteiger partial charge on any atom is -0.481 e. The molecule has 5 aliphatic rings. The molecule has 0 aromatic carbocycles. The molecule has 5 aliphatic carbocycles. The van der Waals surface area contributed by atoms with Crippen molar-refractivity contribution in [1.29, 1.82) is 0 Å². The van der Waals surface area contributed by atoms with Crippen molar-refractivity contribution in [2.75, 3.05) is 20.0 Å². The number of carboxylic acids is 1. The molecule has 0 spiro atoms. The highest BCUT2D eigenvalue weighted by atomic mass is 35.5. The largest absolute Gasteiger partial charge is 0.481 e. The average molecular weight is 944 g/mol. The lowest BCUT2D eigenvalue weighted by Gasteiger charge is -2.71. The van der Waals surface area contributed by atoms with E-state index < -0.39 is 11.4 Å². The van der Waals surface area contributed by atoms with Crippen LogP contribution in [0, 0.1) is 56.2 Å². The van der Waals surface area contributed by atoms with Gasteiger partial charge in [-0.3, -0.25) is 19.6 Å². The van der Waals surface area contributed by atoms with Crippen molar-refractivity contribution in [1.82, 2.24) is 10.0 Å². The average Bonchev–Trinajstić information content (AvgIpc) is 3.79. The first-order valence-electron chi connectivity index (χ1n) is 25.9. The zero-order valence-corrected chi connectivity index (χ0v) is 47.0. The van der Waals surface area contributed by atoms with Crippen molar-refractivity contribution in [2.45, 2.75) is 216 Å². The Balaban J connectivity index is -0.00000171. The van der Waals surface area contributed by atoms with Crippen LogP contribution in [0.15, 0.2) is 65.2 Å². The van der Waals surface area contributed by atoms with Crippen molar-refractivity contribution in [3.8, 4) is 0 Å². The number of carboxylic acid groups (broad SMARTS) is 1. The molecule has 0 heterocycles. The molecule has 0 aliphatic heterocycles. The Hall–Kier alpha value is -2.82. The van der Waals surface area contributed by atoms with Gasteiger partial charge in [0.25, 0.3) is 0 Å². The molecule has 8 atom stereocenters. The molecule has 0 aromatic heterocycles. The van der Waals surface area contributed by atoms with Crippen LogP contribution < -0.4 is 0 Å². The van der Waals surface area contributed by atoms with E-state index in [1.54, 1.807) is 19.4 Å². The maximum atomic E-state index is 12.6. The second-order valence-electron chi connectivity index (χ2n) is 19.9. The van der Waals surface area contributed by atoms with Crippen LogP contribution in [0.3, 0.4) is 0 Å². The Labute approximate surface area is 415 Å². The molecule has 0 amide bonds. The highest BCUT2D eigenvalue weighted by Gasteiger charge is 2.71. The van der Waals surface area contributed by atoms with E-state index in [4.69, 9.17) is 5.11 Å². The minimum atomic E-state index is -0.938. The van der Waals surface area contributed by atoms with Gasteiger partial charge in [-0.2, -0.15) is 0 Å². The third-order valence-electron chi connectivity index (χ3n) is 16.5. The van der Waals surface area contributed by atoms with E-state index in [0.717, 1.165) is 55.3 Å². The molecule has 7 heteroatoms. The van der Waals surface area contributed by atoms with Crippen molar-refractivity contribution >= 4 is 30.1 Å². The maximum absolute atomic E-state index is 12.6. The number of aliphatic carboxylic acids is 1. The summed E-state index contributed by atoms with van der Waals surface area (Å²) in [6.45, 7) is 51.0. The number of nitrogens with zero attached hydrogens (tertiary/aromatic N) is 2. The third-order valence-corrected chi connectivity index (χ3v) is 16.5. The number of halogens is 1. The van der Waals surface area contributed by atoms with E-state index in [0.29, 0.717) is 34.4 Å². The molecule has 0 bridgehead atoms. The number of hydrogen-bond acceptors (Lipinski definition) is 5. The van der Waals surface area contributed by atoms with Crippen LogP contribution >= 0.6 is 11.6 Å². The van der Waals surface area contributed by atoms with Gasteiger partial charge in [0.2, 0.25) is 0 Å². The molecule has 384 valence electrons. The molecule has 1 N–H and O–H groups in total. The van der Waals surface area contributed by atoms with Crippen LogP contribution in [0.4, 0.5) is 0 Å². The SMILES string of the molecule is C.C=C=C1CC2(/C(=C/C=O)N(CCC)N(C)C(=C)/C=C\C)CC[C@]3(C)C(CCC4C5(C)CCC(CC)C5(C)CCC43C)C2=C1C(C)C.CC.CC.CC.CC.CC(C)(C=O)CC(=O)O.CCl. The van der Waals surface area contributed by atoms with Crippen LogP contribution in [-0.4, -0.2) is 53.6 Å². The Morgan fingerprint density at radius 2 is 1.39 bits per heavy atom. The number of hydrogen-bond donors (Lipinski definition) is 1. The lowest BCUT2D eigenvalue weighted by molar-refractivity contribution is -0.205. The summed E-state index contributed by atoms with van der Waals surface area (Å²) in [4.78, 5) is 32.7. The van der Waals surface area contributed by atoms with E-state index in [1.807, 2.05) is 68.4 Å². The summed E-state index contributed by atoms with van der Waals surface area (Å²) in [5.74, 6) is 1.57. The first-order valence-corrected chi connectivity index (χ1v) is 26.6. The molecule has 66 heavy (non-hydrogen) atoms. The number of likely N-dealkylation sites (N-methyl/N-ethyl adjacent to an activating group) is 1. The fourth-order valence-electron chi connectivity index (χ4n) is 13.3. The second kappa shape index (κ2) is 29.9. The van der Waals surface area contributed by atoms with Gasteiger partial charge in [0.05, 0.1) is 6.42 Å². The highest BCUT2D eigenvalue weighted by Crippen LogP contribution is 2.80. The number of carbonyl (C=O) groups is 3. The number of fused-ring (bicyclic) bond motifs is 7. The number of rotatable bonds is 13. The summed E-state index contributed by atoms with van der Waals surface area (Å²) < 4.78 is 0. The normalized spacial score (nSPS) is 30.1. The predicted molar refractivity (Wildman–Crippen MR) is 291 cm³/mol. The van der Waals surface area contributed by atoms with E-state index in [1.165, 1.54) is 68.9 Å². The van der Waals surface area contributed by atoms with Gasteiger partial charge in [-0.25, -0.2) is 0 Å². The van der Waals surface area contributed by atoms with E-state index in [-0.39, 0.29) is 24.7 Å². The van der Waals surface area contributed by atoms with Gasteiger partial charge in [0.15, 0.2) is 0 Å². The molecule has 4 saturated carbocycles. The summed E-state index contributed by atoms with van der Waals surface area (Å²) in [5, 5.41) is 12.8. The maximum Gasteiger partial charge on any atom is 0.304 e. The van der Waals surface area contributed by atoms with Crippen LogP contribution in [-0.2, 0) is 14.4 Å². The van der Waals surface area contributed by atoms with Crippen molar-refractivity contribution in [2.24, 2.45) is 56.2 Å². The molecule has 4 fully saturated rings. The first-order chi connectivity index (χ1) is 30.7. The van der Waals surface area contributed by atoms with Gasteiger partial charge in [0.1, 0.15) is 12.6 Å². The number of hydrazine groups is 1.